The molecule has 0 heterocycles. The summed E-state index contributed by atoms with van der Waals surface area (Å²) in [5.74, 6) is 0.0857. The molecule has 0 bridgehead atoms. The first-order valence-electron chi connectivity index (χ1n) is 6.00. The Morgan fingerprint density at radius 3 is 2.22 bits per heavy atom. The molecule has 0 aliphatic heterocycles. The summed E-state index contributed by atoms with van der Waals surface area (Å²) in [6, 6.07) is 0. The van der Waals surface area contributed by atoms with Crippen LogP contribution in [0.2, 0.25) is 0 Å². The number of hydrogen-bond acceptors (Lipinski definition) is 1. The van der Waals surface area contributed by atoms with Crippen molar-refractivity contribution in [1.29, 1.82) is 5.41 Å². The summed E-state index contributed by atoms with van der Waals surface area (Å²) in [4.78, 5) is 0. The molecular formula is C16H22N2. The summed E-state index contributed by atoms with van der Waals surface area (Å²) in [6.07, 6.45) is 22.3. The molecule has 0 aliphatic rings. The summed E-state index contributed by atoms with van der Waals surface area (Å²) < 4.78 is 0. The van der Waals surface area contributed by atoms with Crippen molar-refractivity contribution < 1.29 is 0 Å². The quantitative estimate of drug-likeness (QED) is 0.395. The van der Waals surface area contributed by atoms with E-state index in [0.29, 0.717) is 0 Å². The number of nitrogens with one attached hydrogen (secondary N) is 1. The van der Waals surface area contributed by atoms with Crippen molar-refractivity contribution in [2.75, 3.05) is 0 Å². The first-order chi connectivity index (χ1) is 8.72. The maximum Gasteiger partial charge on any atom is 0.122 e. The van der Waals surface area contributed by atoms with Crippen LogP contribution in [0.4, 0.5) is 0 Å². The molecule has 2 nitrogen and oxygen atoms in total. The zero-order valence-corrected chi connectivity index (χ0v) is 11.1. The molecule has 0 saturated carbocycles. The third kappa shape index (κ3) is 9.16. The summed E-state index contributed by atoms with van der Waals surface area (Å²) >= 11 is 0. The fourth-order valence-corrected chi connectivity index (χ4v) is 1.14. The van der Waals surface area contributed by atoms with Gasteiger partial charge in [0.15, 0.2) is 0 Å². The molecule has 0 radical (unpaired) electrons. The van der Waals surface area contributed by atoms with Crippen molar-refractivity contribution in [3.05, 3.63) is 72.4 Å². The zero-order valence-electron chi connectivity index (χ0n) is 11.1. The largest absolute Gasteiger partial charge is 0.384 e. The third-order valence-corrected chi connectivity index (χ3v) is 2.00. The number of allylic oxidation sites excluding steroid dienone is 10. The lowest BCUT2D eigenvalue weighted by atomic mass is 10.2. The van der Waals surface area contributed by atoms with Gasteiger partial charge in [0.05, 0.1) is 0 Å². The van der Waals surface area contributed by atoms with Crippen molar-refractivity contribution in [3.63, 3.8) is 0 Å². The van der Waals surface area contributed by atoms with Crippen molar-refractivity contribution >= 4 is 5.84 Å². The van der Waals surface area contributed by atoms with Crippen molar-refractivity contribution in [1.82, 2.24) is 0 Å². The van der Waals surface area contributed by atoms with Gasteiger partial charge in [-0.25, -0.2) is 0 Å². The topological polar surface area (TPSA) is 49.9 Å². The van der Waals surface area contributed by atoms with E-state index in [0.717, 1.165) is 12.0 Å². The van der Waals surface area contributed by atoms with Crippen molar-refractivity contribution in [2.45, 2.75) is 20.3 Å². The Labute approximate surface area is 110 Å². The molecule has 0 aromatic rings. The highest BCUT2D eigenvalue weighted by molar-refractivity contribution is 5.97. The third-order valence-electron chi connectivity index (χ3n) is 2.00. The van der Waals surface area contributed by atoms with Crippen molar-refractivity contribution in [3.8, 4) is 0 Å². The first kappa shape index (κ1) is 15.9. The smallest absolute Gasteiger partial charge is 0.122 e. The second kappa shape index (κ2) is 11.4. The number of amidine groups is 1. The molecular weight excluding hydrogens is 220 g/mol. The number of hydrogen-bond donors (Lipinski definition) is 2. The van der Waals surface area contributed by atoms with Crippen LogP contribution in [0.1, 0.15) is 20.3 Å². The van der Waals surface area contributed by atoms with Crippen LogP contribution in [0.15, 0.2) is 72.4 Å². The predicted octanol–water partition coefficient (Wildman–Crippen LogP) is 4.06. The number of rotatable bonds is 7. The fourth-order valence-electron chi connectivity index (χ4n) is 1.14. The van der Waals surface area contributed by atoms with E-state index in [1.807, 2.05) is 74.6 Å². The average Bonchev–Trinajstić information content (AvgIpc) is 2.35. The van der Waals surface area contributed by atoms with Crippen LogP contribution in [-0.4, -0.2) is 5.84 Å². The number of nitrogens with two attached hydrogens (primary N) is 1. The second-order valence-corrected chi connectivity index (χ2v) is 3.54. The van der Waals surface area contributed by atoms with Crippen LogP contribution in [0.25, 0.3) is 0 Å². The molecule has 0 unspecified atom stereocenters. The molecule has 0 aromatic carbocycles. The molecule has 0 rings (SSSR count). The molecule has 0 aromatic heterocycles. The molecule has 0 amide bonds. The highest BCUT2D eigenvalue weighted by Gasteiger charge is 1.91. The monoisotopic (exact) mass is 242 g/mol. The van der Waals surface area contributed by atoms with Gasteiger partial charge in [0.2, 0.25) is 0 Å². The minimum absolute atomic E-state index is 0.0857. The highest BCUT2D eigenvalue weighted by atomic mass is 14.7. The van der Waals surface area contributed by atoms with Crippen LogP contribution >= 0.6 is 0 Å². The van der Waals surface area contributed by atoms with Gasteiger partial charge in [-0.05, 0) is 20.3 Å². The SMILES string of the molecule is CC=CC=CC=CCC=CC=C(C=CC)C(=N)N. The van der Waals surface area contributed by atoms with E-state index in [4.69, 9.17) is 11.1 Å². The molecule has 0 fully saturated rings. The fraction of sp³-hybridized carbons (Fsp3) is 0.188. The van der Waals surface area contributed by atoms with Crippen LogP contribution in [0.3, 0.4) is 0 Å². The lowest BCUT2D eigenvalue weighted by Crippen LogP contribution is -2.11. The highest BCUT2D eigenvalue weighted by Crippen LogP contribution is 1.97. The lowest BCUT2D eigenvalue weighted by molar-refractivity contribution is 1.39. The van der Waals surface area contributed by atoms with E-state index in [1.165, 1.54) is 0 Å². The summed E-state index contributed by atoms with van der Waals surface area (Å²) in [5.41, 5.74) is 6.16. The first-order valence-corrected chi connectivity index (χ1v) is 6.00. The maximum absolute atomic E-state index is 7.36. The Kier molecular flexibility index (Phi) is 10.1. The van der Waals surface area contributed by atoms with Crippen LogP contribution in [0.5, 0.6) is 0 Å². The van der Waals surface area contributed by atoms with Crippen LogP contribution < -0.4 is 5.73 Å². The van der Waals surface area contributed by atoms with E-state index >= 15 is 0 Å². The minimum Gasteiger partial charge on any atom is -0.384 e. The van der Waals surface area contributed by atoms with E-state index in [2.05, 4.69) is 6.08 Å². The lowest BCUT2D eigenvalue weighted by Gasteiger charge is -1.95. The maximum atomic E-state index is 7.36. The summed E-state index contributed by atoms with van der Waals surface area (Å²) in [5, 5.41) is 7.36. The molecule has 0 spiro atoms. The van der Waals surface area contributed by atoms with Crippen LogP contribution in [-0.2, 0) is 0 Å². The van der Waals surface area contributed by atoms with Gasteiger partial charge >= 0.3 is 0 Å². The van der Waals surface area contributed by atoms with E-state index in [1.54, 1.807) is 0 Å². The van der Waals surface area contributed by atoms with Crippen LogP contribution in [0, 0.1) is 5.41 Å². The van der Waals surface area contributed by atoms with E-state index in [9.17, 15) is 0 Å². The standard InChI is InChI=1S/C16H22N2/c1-3-5-6-7-8-9-10-11-12-14-15(13-4-2)16(17)18/h3-9,11-14H,10H2,1-2H3,(H3,17,18). The molecule has 0 atom stereocenters. The Morgan fingerprint density at radius 1 is 0.944 bits per heavy atom. The van der Waals surface area contributed by atoms with Gasteiger partial charge in [0.1, 0.15) is 5.84 Å². The Morgan fingerprint density at radius 2 is 1.61 bits per heavy atom. The zero-order chi connectivity index (χ0) is 13.6. The van der Waals surface area contributed by atoms with Gasteiger partial charge < -0.3 is 5.73 Å². The molecule has 3 N–H and O–H groups in total. The minimum atomic E-state index is 0.0857. The predicted molar refractivity (Wildman–Crippen MR) is 81.7 cm³/mol. The van der Waals surface area contributed by atoms with Gasteiger partial charge in [-0.15, -0.1) is 0 Å². The molecule has 0 saturated heterocycles. The van der Waals surface area contributed by atoms with Gasteiger partial charge in [0.25, 0.3) is 0 Å². The van der Waals surface area contributed by atoms with E-state index in [-0.39, 0.29) is 5.84 Å². The van der Waals surface area contributed by atoms with Gasteiger partial charge in [-0.3, -0.25) is 5.41 Å². The normalized spacial score (nSPS) is 14.0. The van der Waals surface area contributed by atoms with Gasteiger partial charge in [-0.1, -0.05) is 66.8 Å². The molecule has 0 aliphatic carbocycles. The summed E-state index contributed by atoms with van der Waals surface area (Å²) in [6.45, 7) is 3.89. The van der Waals surface area contributed by atoms with E-state index < -0.39 is 0 Å². The molecule has 96 valence electrons. The average molecular weight is 242 g/mol. The van der Waals surface area contributed by atoms with Crippen molar-refractivity contribution in [2.24, 2.45) is 5.73 Å². The Hall–Kier alpha value is -2.09. The molecule has 2 heteroatoms. The second-order valence-electron chi connectivity index (χ2n) is 3.54. The Balaban J connectivity index is 4.17. The molecule has 18 heavy (non-hydrogen) atoms. The van der Waals surface area contributed by atoms with Gasteiger partial charge in [-0.2, -0.15) is 0 Å². The van der Waals surface area contributed by atoms with Gasteiger partial charge in [0, 0.05) is 5.57 Å². The summed E-state index contributed by atoms with van der Waals surface area (Å²) in [7, 11) is 0. The Bertz CT molecular complexity index is 405.